The van der Waals surface area contributed by atoms with E-state index in [9.17, 15) is 9.18 Å². The van der Waals surface area contributed by atoms with E-state index >= 15 is 0 Å². The van der Waals surface area contributed by atoms with Gasteiger partial charge in [-0.25, -0.2) is 4.39 Å². The van der Waals surface area contributed by atoms with E-state index in [1.54, 1.807) is 0 Å². The third kappa shape index (κ3) is 1.76. The Bertz CT molecular complexity index is 325. The third-order valence-electron chi connectivity index (χ3n) is 2.51. The molecule has 1 N–H and O–H groups in total. The fraction of sp³-hybridized carbons (Fsp3) is 0.364. The Hall–Kier alpha value is -1.38. The van der Waals surface area contributed by atoms with Crippen molar-refractivity contribution in [1.29, 1.82) is 0 Å². The Morgan fingerprint density at radius 1 is 1.21 bits per heavy atom. The Morgan fingerprint density at radius 3 is 2.57 bits per heavy atom. The molecule has 0 bridgehead atoms. The van der Waals surface area contributed by atoms with Gasteiger partial charge in [-0.1, -0.05) is 30.3 Å². The quantitative estimate of drug-likeness (QED) is 0.726. The van der Waals surface area contributed by atoms with Crippen LogP contribution < -0.4 is 5.32 Å². The van der Waals surface area contributed by atoms with Crippen LogP contribution in [0.1, 0.15) is 24.4 Å². The summed E-state index contributed by atoms with van der Waals surface area (Å²) in [6.45, 7) is 0. The number of carbonyl (C=O) groups excluding carboxylic acids is 1. The average Bonchev–Trinajstić information content (AvgIpc) is 2.23. The minimum absolute atomic E-state index is 0.0179. The lowest BCUT2D eigenvalue weighted by atomic mass is 9.96. The summed E-state index contributed by atoms with van der Waals surface area (Å²) in [4.78, 5) is 11.1. The molecule has 1 fully saturated rings. The van der Waals surface area contributed by atoms with Gasteiger partial charge in [0.15, 0.2) is 6.17 Å². The molecular weight excluding hydrogens is 181 g/mol. The van der Waals surface area contributed by atoms with Crippen molar-refractivity contribution in [3.8, 4) is 0 Å². The van der Waals surface area contributed by atoms with Crippen LogP contribution in [0.25, 0.3) is 0 Å². The number of amides is 1. The van der Waals surface area contributed by atoms with Crippen molar-refractivity contribution in [2.75, 3.05) is 0 Å². The normalized spacial score (nSPS) is 27.1. The summed E-state index contributed by atoms with van der Waals surface area (Å²) in [5.41, 5.74) is 1.05. The van der Waals surface area contributed by atoms with Crippen LogP contribution in [0.3, 0.4) is 0 Å². The molecule has 14 heavy (non-hydrogen) atoms. The molecular formula is C11H12FNO. The number of hydrogen-bond acceptors (Lipinski definition) is 1. The predicted octanol–water partition coefficient (Wildman–Crippen LogP) is 1.98. The number of rotatable bonds is 1. The van der Waals surface area contributed by atoms with Crippen molar-refractivity contribution in [3.05, 3.63) is 35.9 Å². The molecule has 2 nitrogen and oxygen atoms in total. The predicted molar refractivity (Wildman–Crippen MR) is 51.5 cm³/mol. The van der Waals surface area contributed by atoms with Gasteiger partial charge in [-0.05, 0) is 18.4 Å². The lowest BCUT2D eigenvalue weighted by Crippen LogP contribution is -2.40. The lowest BCUT2D eigenvalue weighted by Gasteiger charge is -2.25. The summed E-state index contributed by atoms with van der Waals surface area (Å²) in [6, 6.07) is 9.64. The van der Waals surface area contributed by atoms with Crippen LogP contribution in [-0.4, -0.2) is 12.1 Å². The lowest BCUT2D eigenvalue weighted by molar-refractivity contribution is -0.128. The molecule has 0 saturated carbocycles. The standard InChI is InChI=1S/C11H12FNO/c12-9-6-7-10(13-11(9)14)8-4-2-1-3-5-8/h1-5,9-10H,6-7H2,(H,13,14)/t9-,10-/m0/s1. The van der Waals surface area contributed by atoms with Crippen LogP contribution in [0.15, 0.2) is 30.3 Å². The monoisotopic (exact) mass is 193 g/mol. The molecule has 2 atom stereocenters. The minimum Gasteiger partial charge on any atom is -0.347 e. The van der Waals surface area contributed by atoms with E-state index < -0.39 is 12.1 Å². The van der Waals surface area contributed by atoms with E-state index in [4.69, 9.17) is 0 Å². The average molecular weight is 193 g/mol. The fourth-order valence-corrected chi connectivity index (χ4v) is 1.71. The highest BCUT2D eigenvalue weighted by atomic mass is 19.1. The van der Waals surface area contributed by atoms with Crippen LogP contribution in [0, 0.1) is 0 Å². The first-order valence-corrected chi connectivity index (χ1v) is 4.77. The number of alkyl halides is 1. The molecule has 0 aliphatic carbocycles. The first kappa shape index (κ1) is 9.19. The molecule has 1 aliphatic rings. The maximum atomic E-state index is 12.9. The van der Waals surface area contributed by atoms with Crippen molar-refractivity contribution in [3.63, 3.8) is 0 Å². The fourth-order valence-electron chi connectivity index (χ4n) is 1.71. The molecule has 1 aromatic rings. The van der Waals surface area contributed by atoms with Crippen molar-refractivity contribution in [2.45, 2.75) is 25.1 Å². The Morgan fingerprint density at radius 2 is 1.93 bits per heavy atom. The van der Waals surface area contributed by atoms with Crippen LogP contribution in [0.2, 0.25) is 0 Å². The van der Waals surface area contributed by atoms with Gasteiger partial charge < -0.3 is 5.32 Å². The summed E-state index contributed by atoms with van der Waals surface area (Å²) < 4.78 is 12.9. The summed E-state index contributed by atoms with van der Waals surface area (Å²) in [5.74, 6) is -0.481. The molecule has 2 rings (SSSR count). The highest BCUT2D eigenvalue weighted by molar-refractivity contribution is 5.81. The molecule has 1 aromatic carbocycles. The zero-order valence-corrected chi connectivity index (χ0v) is 7.74. The number of carbonyl (C=O) groups is 1. The molecule has 0 radical (unpaired) electrons. The van der Waals surface area contributed by atoms with E-state index in [2.05, 4.69) is 5.32 Å². The zero-order valence-electron chi connectivity index (χ0n) is 7.74. The molecule has 1 amide bonds. The van der Waals surface area contributed by atoms with E-state index in [1.165, 1.54) is 0 Å². The molecule has 1 saturated heterocycles. The van der Waals surface area contributed by atoms with Gasteiger partial charge in [-0.3, -0.25) is 4.79 Å². The maximum absolute atomic E-state index is 12.9. The van der Waals surface area contributed by atoms with E-state index in [1.807, 2.05) is 30.3 Å². The van der Waals surface area contributed by atoms with E-state index in [0.717, 1.165) is 5.56 Å². The molecule has 1 heterocycles. The number of nitrogens with one attached hydrogen (secondary N) is 1. The van der Waals surface area contributed by atoms with Gasteiger partial charge in [-0.2, -0.15) is 0 Å². The molecule has 0 unspecified atom stereocenters. The van der Waals surface area contributed by atoms with E-state index in [0.29, 0.717) is 12.8 Å². The zero-order chi connectivity index (χ0) is 9.97. The molecule has 0 aromatic heterocycles. The highest BCUT2D eigenvalue weighted by Crippen LogP contribution is 2.24. The maximum Gasteiger partial charge on any atom is 0.255 e. The Kier molecular flexibility index (Phi) is 2.48. The van der Waals surface area contributed by atoms with Gasteiger partial charge in [0.1, 0.15) is 0 Å². The van der Waals surface area contributed by atoms with Gasteiger partial charge in [-0.15, -0.1) is 0 Å². The van der Waals surface area contributed by atoms with Crippen LogP contribution in [-0.2, 0) is 4.79 Å². The Balaban J connectivity index is 2.11. The van der Waals surface area contributed by atoms with Crippen LogP contribution in [0.4, 0.5) is 4.39 Å². The second kappa shape index (κ2) is 3.78. The number of hydrogen-bond donors (Lipinski definition) is 1. The summed E-state index contributed by atoms with van der Waals surface area (Å²) in [5, 5.41) is 2.67. The molecule has 1 aliphatic heterocycles. The molecule has 74 valence electrons. The first-order chi connectivity index (χ1) is 6.77. The summed E-state index contributed by atoms with van der Waals surface area (Å²) >= 11 is 0. The minimum atomic E-state index is -1.32. The van der Waals surface area contributed by atoms with Crippen LogP contribution >= 0.6 is 0 Å². The van der Waals surface area contributed by atoms with Gasteiger partial charge in [0, 0.05) is 0 Å². The van der Waals surface area contributed by atoms with Gasteiger partial charge >= 0.3 is 0 Å². The summed E-state index contributed by atoms with van der Waals surface area (Å²) in [6.07, 6.45) is -0.322. The highest BCUT2D eigenvalue weighted by Gasteiger charge is 2.27. The van der Waals surface area contributed by atoms with Gasteiger partial charge in [0.2, 0.25) is 0 Å². The topological polar surface area (TPSA) is 29.1 Å². The molecule has 0 spiro atoms. The smallest absolute Gasteiger partial charge is 0.255 e. The molecule has 3 heteroatoms. The van der Waals surface area contributed by atoms with Crippen molar-refractivity contribution in [2.24, 2.45) is 0 Å². The van der Waals surface area contributed by atoms with Gasteiger partial charge in [0.25, 0.3) is 5.91 Å². The number of halogens is 1. The van der Waals surface area contributed by atoms with Gasteiger partial charge in [0.05, 0.1) is 6.04 Å². The SMILES string of the molecule is O=C1N[C@H](c2ccccc2)CC[C@@H]1F. The number of benzene rings is 1. The van der Waals surface area contributed by atoms with Crippen molar-refractivity contribution in [1.82, 2.24) is 5.32 Å². The number of piperidine rings is 1. The van der Waals surface area contributed by atoms with Crippen LogP contribution in [0.5, 0.6) is 0 Å². The first-order valence-electron chi connectivity index (χ1n) is 4.77. The van der Waals surface area contributed by atoms with Crippen molar-refractivity contribution < 1.29 is 9.18 Å². The second-order valence-corrected chi connectivity index (χ2v) is 3.52. The largest absolute Gasteiger partial charge is 0.347 e. The Labute approximate surface area is 82.1 Å². The summed E-state index contributed by atoms with van der Waals surface area (Å²) in [7, 11) is 0. The van der Waals surface area contributed by atoms with E-state index in [-0.39, 0.29) is 6.04 Å². The third-order valence-corrected chi connectivity index (χ3v) is 2.51. The second-order valence-electron chi connectivity index (χ2n) is 3.52. The van der Waals surface area contributed by atoms with Crippen molar-refractivity contribution >= 4 is 5.91 Å².